The third-order valence-electron chi connectivity index (χ3n) is 3.19. The van der Waals surface area contributed by atoms with Gasteiger partial charge in [0.2, 0.25) is 0 Å². The van der Waals surface area contributed by atoms with Crippen LogP contribution < -0.4 is 10.6 Å². The molecule has 0 saturated heterocycles. The van der Waals surface area contributed by atoms with E-state index in [9.17, 15) is 0 Å². The first-order valence-electron chi connectivity index (χ1n) is 7.00. The zero-order chi connectivity index (χ0) is 15.1. The Morgan fingerprint density at radius 1 is 1.10 bits per heavy atom. The SMILES string of the molecule is C[C@@H](CCc1ccccc1)NC(=S)Nc1ccc(Cl)cc1. The predicted molar refractivity (Wildman–Crippen MR) is 95.0 cm³/mol. The van der Waals surface area contributed by atoms with Gasteiger partial charge >= 0.3 is 0 Å². The van der Waals surface area contributed by atoms with Gasteiger partial charge in [0.15, 0.2) is 5.11 Å². The highest BCUT2D eigenvalue weighted by molar-refractivity contribution is 7.80. The van der Waals surface area contributed by atoms with Crippen LogP contribution in [0.3, 0.4) is 0 Å². The van der Waals surface area contributed by atoms with Gasteiger partial charge in [0.05, 0.1) is 0 Å². The van der Waals surface area contributed by atoms with Gasteiger partial charge < -0.3 is 10.6 Å². The van der Waals surface area contributed by atoms with Gasteiger partial charge in [0.1, 0.15) is 0 Å². The summed E-state index contributed by atoms with van der Waals surface area (Å²) in [5.74, 6) is 0. The summed E-state index contributed by atoms with van der Waals surface area (Å²) in [4.78, 5) is 0. The van der Waals surface area contributed by atoms with E-state index < -0.39 is 0 Å². The molecular weight excluding hydrogens is 300 g/mol. The third-order valence-corrected chi connectivity index (χ3v) is 3.66. The van der Waals surface area contributed by atoms with E-state index in [1.165, 1.54) is 5.56 Å². The molecule has 110 valence electrons. The van der Waals surface area contributed by atoms with Gasteiger partial charge in [-0.05, 0) is 61.8 Å². The van der Waals surface area contributed by atoms with Crippen LogP contribution in [0.1, 0.15) is 18.9 Å². The molecule has 2 aromatic rings. The van der Waals surface area contributed by atoms with E-state index >= 15 is 0 Å². The molecule has 2 rings (SSSR count). The zero-order valence-corrected chi connectivity index (χ0v) is 13.5. The highest BCUT2D eigenvalue weighted by Gasteiger charge is 2.05. The first-order chi connectivity index (χ1) is 10.1. The maximum Gasteiger partial charge on any atom is 0.170 e. The third kappa shape index (κ3) is 5.74. The van der Waals surface area contributed by atoms with E-state index in [1.807, 2.05) is 30.3 Å². The van der Waals surface area contributed by atoms with Crippen molar-refractivity contribution in [1.82, 2.24) is 5.32 Å². The van der Waals surface area contributed by atoms with Crippen LogP contribution in [0.4, 0.5) is 5.69 Å². The van der Waals surface area contributed by atoms with Crippen molar-refractivity contribution < 1.29 is 0 Å². The lowest BCUT2D eigenvalue weighted by atomic mass is 10.1. The molecule has 0 fully saturated rings. The number of hydrogen-bond acceptors (Lipinski definition) is 1. The summed E-state index contributed by atoms with van der Waals surface area (Å²) >= 11 is 11.2. The molecule has 0 aliphatic carbocycles. The minimum absolute atomic E-state index is 0.317. The van der Waals surface area contributed by atoms with Crippen LogP contribution in [-0.4, -0.2) is 11.2 Å². The highest BCUT2D eigenvalue weighted by Crippen LogP contribution is 2.13. The fourth-order valence-corrected chi connectivity index (χ4v) is 2.47. The predicted octanol–water partition coefficient (Wildman–Crippen LogP) is 4.65. The summed E-state index contributed by atoms with van der Waals surface area (Å²) in [6, 6.07) is 18.3. The van der Waals surface area contributed by atoms with E-state index in [0.29, 0.717) is 11.2 Å². The second kappa shape index (κ2) is 8.01. The van der Waals surface area contributed by atoms with E-state index in [1.54, 1.807) is 0 Å². The molecule has 0 radical (unpaired) electrons. The van der Waals surface area contributed by atoms with Crippen LogP contribution in [0, 0.1) is 0 Å². The van der Waals surface area contributed by atoms with E-state index in [-0.39, 0.29) is 0 Å². The molecule has 2 N–H and O–H groups in total. The van der Waals surface area contributed by atoms with Gasteiger partial charge in [-0.1, -0.05) is 41.9 Å². The molecule has 0 heterocycles. The highest BCUT2D eigenvalue weighted by atomic mass is 35.5. The Kier molecular flexibility index (Phi) is 6.03. The quantitative estimate of drug-likeness (QED) is 0.785. The van der Waals surface area contributed by atoms with Crippen molar-refractivity contribution in [2.24, 2.45) is 0 Å². The minimum Gasteiger partial charge on any atom is -0.360 e. The molecule has 0 aliphatic rings. The molecule has 4 heteroatoms. The Morgan fingerprint density at radius 3 is 2.43 bits per heavy atom. The Hall–Kier alpha value is -1.58. The van der Waals surface area contributed by atoms with Gasteiger partial charge in [0, 0.05) is 16.8 Å². The topological polar surface area (TPSA) is 24.1 Å². The van der Waals surface area contributed by atoms with Crippen molar-refractivity contribution in [2.75, 3.05) is 5.32 Å². The van der Waals surface area contributed by atoms with E-state index in [4.69, 9.17) is 23.8 Å². The van der Waals surface area contributed by atoms with Crippen LogP contribution in [0.5, 0.6) is 0 Å². The Morgan fingerprint density at radius 2 is 1.76 bits per heavy atom. The maximum absolute atomic E-state index is 5.86. The number of anilines is 1. The van der Waals surface area contributed by atoms with Crippen LogP contribution in [0.2, 0.25) is 5.02 Å². The lowest BCUT2D eigenvalue weighted by Gasteiger charge is -2.17. The van der Waals surface area contributed by atoms with Gasteiger partial charge in [-0.25, -0.2) is 0 Å². The minimum atomic E-state index is 0.317. The molecule has 0 aliphatic heterocycles. The Balaban J connectivity index is 1.75. The first-order valence-corrected chi connectivity index (χ1v) is 7.79. The van der Waals surface area contributed by atoms with Crippen LogP contribution in [-0.2, 0) is 6.42 Å². The molecule has 0 saturated carbocycles. The van der Waals surface area contributed by atoms with E-state index in [0.717, 1.165) is 23.6 Å². The van der Waals surface area contributed by atoms with Crippen molar-refractivity contribution in [3.8, 4) is 0 Å². The Labute approximate surface area is 136 Å². The molecule has 2 aromatic carbocycles. The molecule has 0 bridgehead atoms. The fourth-order valence-electron chi connectivity index (χ4n) is 2.02. The normalized spacial score (nSPS) is 11.7. The number of nitrogens with one attached hydrogen (secondary N) is 2. The largest absolute Gasteiger partial charge is 0.360 e. The number of hydrogen-bond donors (Lipinski definition) is 2. The van der Waals surface area contributed by atoms with Crippen LogP contribution in [0.25, 0.3) is 0 Å². The summed E-state index contributed by atoms with van der Waals surface area (Å²) in [5, 5.41) is 7.82. The van der Waals surface area contributed by atoms with Gasteiger partial charge in [-0.15, -0.1) is 0 Å². The van der Waals surface area contributed by atoms with Gasteiger partial charge in [-0.2, -0.15) is 0 Å². The van der Waals surface area contributed by atoms with E-state index in [2.05, 4.69) is 41.8 Å². The molecule has 0 unspecified atom stereocenters. The molecule has 0 spiro atoms. The van der Waals surface area contributed by atoms with Crippen molar-refractivity contribution >= 4 is 34.6 Å². The fraction of sp³-hybridized carbons (Fsp3) is 0.235. The summed E-state index contributed by atoms with van der Waals surface area (Å²) in [6.45, 7) is 2.14. The lowest BCUT2D eigenvalue weighted by Crippen LogP contribution is -2.36. The molecule has 21 heavy (non-hydrogen) atoms. The number of halogens is 1. The van der Waals surface area contributed by atoms with Gasteiger partial charge in [0.25, 0.3) is 0 Å². The summed E-state index contributed by atoms with van der Waals surface area (Å²) in [7, 11) is 0. The Bertz CT molecular complexity index is 569. The smallest absolute Gasteiger partial charge is 0.170 e. The number of thiocarbonyl (C=S) groups is 1. The standard InChI is InChI=1S/C17H19ClN2S/c1-13(7-8-14-5-3-2-4-6-14)19-17(21)20-16-11-9-15(18)10-12-16/h2-6,9-13H,7-8H2,1H3,(H2,19,20,21)/t13-/m0/s1. The number of rotatable bonds is 5. The zero-order valence-electron chi connectivity index (χ0n) is 12.0. The summed E-state index contributed by atoms with van der Waals surface area (Å²) in [5.41, 5.74) is 2.29. The average molecular weight is 319 g/mol. The lowest BCUT2D eigenvalue weighted by molar-refractivity contribution is 0.609. The van der Waals surface area contributed by atoms with Crippen LogP contribution in [0.15, 0.2) is 54.6 Å². The molecule has 0 aromatic heterocycles. The average Bonchev–Trinajstić information content (AvgIpc) is 2.48. The monoisotopic (exact) mass is 318 g/mol. The number of benzene rings is 2. The van der Waals surface area contributed by atoms with Crippen molar-refractivity contribution in [1.29, 1.82) is 0 Å². The van der Waals surface area contributed by atoms with Crippen molar-refractivity contribution in [2.45, 2.75) is 25.8 Å². The number of aryl methyl sites for hydroxylation is 1. The molecule has 2 nitrogen and oxygen atoms in total. The molecule has 1 atom stereocenters. The molecular formula is C17H19ClN2S. The first kappa shape index (κ1) is 15.8. The van der Waals surface area contributed by atoms with Crippen LogP contribution >= 0.6 is 23.8 Å². The van der Waals surface area contributed by atoms with Crippen molar-refractivity contribution in [3.63, 3.8) is 0 Å². The summed E-state index contributed by atoms with van der Waals surface area (Å²) < 4.78 is 0. The summed E-state index contributed by atoms with van der Waals surface area (Å²) in [6.07, 6.45) is 2.07. The second-order valence-corrected chi connectivity index (χ2v) is 5.88. The van der Waals surface area contributed by atoms with Crippen molar-refractivity contribution in [3.05, 3.63) is 65.2 Å². The second-order valence-electron chi connectivity index (χ2n) is 5.03. The molecule has 0 amide bonds. The maximum atomic E-state index is 5.86. The van der Waals surface area contributed by atoms with Gasteiger partial charge in [-0.3, -0.25) is 0 Å².